The molecular formula is C20H21N3O3. The molecule has 0 saturated carbocycles. The molecule has 1 atom stereocenters. The molecule has 0 aliphatic carbocycles. The maximum atomic E-state index is 12.5. The molecular weight excluding hydrogens is 330 g/mol. The minimum absolute atomic E-state index is 0.101. The highest BCUT2D eigenvalue weighted by Crippen LogP contribution is 2.34. The number of benzene rings is 1. The van der Waals surface area contributed by atoms with E-state index in [-0.39, 0.29) is 11.7 Å². The third-order valence-corrected chi connectivity index (χ3v) is 4.31. The van der Waals surface area contributed by atoms with Gasteiger partial charge < -0.3 is 9.47 Å². The number of aryl methyl sites for hydroxylation is 2. The summed E-state index contributed by atoms with van der Waals surface area (Å²) in [6.45, 7) is 7.99. The Hall–Kier alpha value is -3.07. The second kappa shape index (κ2) is 7.04. The molecule has 1 aromatic carbocycles. The van der Waals surface area contributed by atoms with Crippen LogP contribution in [0.1, 0.15) is 41.8 Å². The van der Waals surface area contributed by atoms with Gasteiger partial charge in [0.05, 0.1) is 12.8 Å². The molecule has 6 nitrogen and oxygen atoms in total. The lowest BCUT2D eigenvalue weighted by Gasteiger charge is -2.10. The number of fused-ring (bicyclic) bond motifs is 1. The molecule has 6 heteroatoms. The van der Waals surface area contributed by atoms with Gasteiger partial charge in [0.1, 0.15) is 29.2 Å². The Balaban J connectivity index is 2.06. The molecule has 134 valence electrons. The van der Waals surface area contributed by atoms with Crippen molar-refractivity contribution in [1.82, 2.24) is 4.68 Å². The lowest BCUT2D eigenvalue weighted by molar-refractivity contribution is 0.254. The van der Waals surface area contributed by atoms with Crippen molar-refractivity contribution in [3.8, 4) is 17.6 Å². The molecule has 0 spiro atoms. The molecule has 2 heterocycles. The van der Waals surface area contributed by atoms with Gasteiger partial charge in [-0.05, 0) is 51.5 Å². The van der Waals surface area contributed by atoms with E-state index in [1.54, 1.807) is 26.1 Å². The predicted octanol–water partition coefficient (Wildman–Crippen LogP) is 2.94. The van der Waals surface area contributed by atoms with E-state index in [1.165, 1.54) is 4.68 Å². The van der Waals surface area contributed by atoms with Crippen LogP contribution in [0, 0.1) is 25.2 Å². The molecule has 1 aromatic heterocycles. The summed E-state index contributed by atoms with van der Waals surface area (Å²) in [6.07, 6.45) is 2.55. The van der Waals surface area contributed by atoms with Crippen LogP contribution in [-0.4, -0.2) is 23.6 Å². The summed E-state index contributed by atoms with van der Waals surface area (Å²) in [4.78, 5) is 12.5. The van der Waals surface area contributed by atoms with Crippen LogP contribution in [0.4, 0.5) is 0 Å². The minimum atomic E-state index is -0.426. The van der Waals surface area contributed by atoms with Gasteiger partial charge in [-0.25, -0.2) is 4.68 Å². The lowest BCUT2D eigenvalue weighted by Crippen LogP contribution is -2.22. The second-order valence-corrected chi connectivity index (χ2v) is 6.38. The summed E-state index contributed by atoms with van der Waals surface area (Å²) in [7, 11) is 0. The van der Waals surface area contributed by atoms with Gasteiger partial charge in [0.15, 0.2) is 0 Å². The predicted molar refractivity (Wildman–Crippen MR) is 99.3 cm³/mol. The second-order valence-electron chi connectivity index (χ2n) is 6.38. The molecule has 26 heavy (non-hydrogen) atoms. The van der Waals surface area contributed by atoms with Crippen LogP contribution in [0.25, 0.3) is 0 Å². The smallest absolute Gasteiger partial charge is 0.289 e. The molecule has 0 saturated heterocycles. The zero-order chi connectivity index (χ0) is 18.8. The summed E-state index contributed by atoms with van der Waals surface area (Å²) in [5, 5.41) is 13.5. The van der Waals surface area contributed by atoms with Crippen molar-refractivity contribution in [1.29, 1.82) is 5.26 Å². The molecule has 1 aliphatic rings. The SMILES string of the molecule is CCOc1cc2c(cc1/C=N\n1c(C)cc(C)c(C#N)c1=O)O[C@@H](C)C2. The number of nitriles is 1. The van der Waals surface area contributed by atoms with Crippen LogP contribution in [0.2, 0.25) is 0 Å². The molecule has 0 N–H and O–H groups in total. The van der Waals surface area contributed by atoms with Gasteiger partial charge in [-0.3, -0.25) is 4.79 Å². The zero-order valence-electron chi connectivity index (χ0n) is 15.4. The number of pyridine rings is 1. The molecule has 2 aromatic rings. The third kappa shape index (κ3) is 3.21. The fourth-order valence-corrected chi connectivity index (χ4v) is 3.12. The number of ether oxygens (including phenoxy) is 2. The first-order valence-corrected chi connectivity index (χ1v) is 8.58. The van der Waals surface area contributed by atoms with Crippen LogP contribution >= 0.6 is 0 Å². The topological polar surface area (TPSA) is 76.6 Å². The van der Waals surface area contributed by atoms with Crippen molar-refractivity contribution >= 4 is 6.21 Å². The van der Waals surface area contributed by atoms with Crippen molar-refractivity contribution in [3.05, 3.63) is 56.5 Å². The van der Waals surface area contributed by atoms with Crippen LogP contribution in [-0.2, 0) is 6.42 Å². The highest BCUT2D eigenvalue weighted by atomic mass is 16.5. The van der Waals surface area contributed by atoms with Crippen molar-refractivity contribution < 1.29 is 9.47 Å². The first kappa shape index (κ1) is 17.7. The molecule has 0 fully saturated rings. The molecule has 0 bridgehead atoms. The average molecular weight is 351 g/mol. The van der Waals surface area contributed by atoms with E-state index >= 15 is 0 Å². The number of nitrogens with zero attached hydrogens (tertiary/aromatic N) is 3. The normalized spacial score (nSPS) is 15.6. The van der Waals surface area contributed by atoms with Gasteiger partial charge in [-0.15, -0.1) is 0 Å². The maximum Gasteiger partial charge on any atom is 0.289 e. The lowest BCUT2D eigenvalue weighted by atomic mass is 10.1. The Morgan fingerprint density at radius 3 is 2.88 bits per heavy atom. The fourth-order valence-electron chi connectivity index (χ4n) is 3.12. The van der Waals surface area contributed by atoms with Crippen molar-refractivity contribution in [2.24, 2.45) is 5.10 Å². The standard InChI is InChI=1S/C20H21N3O3/c1-5-25-18-8-15-7-14(4)26-19(15)9-16(18)11-22-23-13(3)6-12(2)17(10-21)20(23)24/h6,8-9,11,14H,5,7H2,1-4H3/b22-11-/t14-/m0/s1. The Labute approximate surface area is 152 Å². The Morgan fingerprint density at radius 1 is 1.42 bits per heavy atom. The molecule has 1 aliphatic heterocycles. The number of hydrogen-bond acceptors (Lipinski definition) is 5. The van der Waals surface area contributed by atoms with Crippen molar-refractivity contribution in [3.63, 3.8) is 0 Å². The van der Waals surface area contributed by atoms with Crippen LogP contribution in [0.15, 0.2) is 28.1 Å². The van der Waals surface area contributed by atoms with Gasteiger partial charge in [0, 0.05) is 23.2 Å². The van der Waals surface area contributed by atoms with Gasteiger partial charge >= 0.3 is 0 Å². The van der Waals surface area contributed by atoms with Gasteiger partial charge in [-0.2, -0.15) is 10.4 Å². The minimum Gasteiger partial charge on any atom is -0.493 e. The van der Waals surface area contributed by atoms with Gasteiger partial charge in [0.2, 0.25) is 0 Å². The van der Waals surface area contributed by atoms with E-state index in [2.05, 4.69) is 5.10 Å². The summed E-state index contributed by atoms with van der Waals surface area (Å²) in [6, 6.07) is 7.57. The van der Waals surface area contributed by atoms with Crippen molar-refractivity contribution in [2.45, 2.75) is 40.2 Å². The first-order chi connectivity index (χ1) is 12.4. The van der Waals surface area contributed by atoms with Gasteiger partial charge in [-0.1, -0.05) is 0 Å². The number of aromatic nitrogens is 1. The van der Waals surface area contributed by atoms with E-state index in [9.17, 15) is 10.1 Å². The van der Waals surface area contributed by atoms with Crippen molar-refractivity contribution in [2.75, 3.05) is 6.61 Å². The molecule has 0 unspecified atom stereocenters. The van der Waals surface area contributed by atoms with E-state index in [0.717, 1.165) is 23.3 Å². The third-order valence-electron chi connectivity index (χ3n) is 4.31. The Morgan fingerprint density at radius 2 is 2.19 bits per heavy atom. The summed E-state index contributed by atoms with van der Waals surface area (Å²) in [5.74, 6) is 1.51. The van der Waals surface area contributed by atoms with Crippen LogP contribution < -0.4 is 15.0 Å². The fraction of sp³-hybridized carbons (Fsp3) is 0.350. The first-order valence-electron chi connectivity index (χ1n) is 8.58. The van der Waals surface area contributed by atoms with Crippen LogP contribution in [0.5, 0.6) is 11.5 Å². The summed E-state index contributed by atoms with van der Waals surface area (Å²) >= 11 is 0. The highest BCUT2D eigenvalue weighted by Gasteiger charge is 2.21. The van der Waals surface area contributed by atoms with E-state index in [0.29, 0.717) is 23.6 Å². The Kier molecular flexibility index (Phi) is 4.81. The molecule has 0 amide bonds. The van der Waals surface area contributed by atoms with Crippen LogP contribution in [0.3, 0.4) is 0 Å². The number of hydrogen-bond donors (Lipinski definition) is 0. The Bertz CT molecular complexity index is 983. The van der Waals surface area contributed by atoms with E-state index in [4.69, 9.17) is 9.47 Å². The van der Waals surface area contributed by atoms with Gasteiger partial charge in [0.25, 0.3) is 5.56 Å². The zero-order valence-corrected chi connectivity index (χ0v) is 15.4. The molecule has 3 rings (SSSR count). The highest BCUT2D eigenvalue weighted by molar-refractivity contribution is 5.84. The quantitative estimate of drug-likeness (QED) is 0.794. The average Bonchev–Trinajstić information content (AvgIpc) is 2.94. The number of rotatable bonds is 4. The van der Waals surface area contributed by atoms with E-state index in [1.807, 2.05) is 32.0 Å². The molecule has 0 radical (unpaired) electrons. The largest absolute Gasteiger partial charge is 0.493 e. The van der Waals surface area contributed by atoms with E-state index < -0.39 is 5.56 Å². The summed E-state index contributed by atoms with van der Waals surface area (Å²) in [5.41, 5.74) is 2.82. The summed E-state index contributed by atoms with van der Waals surface area (Å²) < 4.78 is 12.8. The maximum absolute atomic E-state index is 12.5. The monoisotopic (exact) mass is 351 g/mol.